The van der Waals surface area contributed by atoms with E-state index in [0.29, 0.717) is 10.7 Å². The van der Waals surface area contributed by atoms with E-state index in [9.17, 15) is 0 Å². The largest absolute Gasteiger partial charge is 0.497 e. The van der Waals surface area contributed by atoms with Crippen LogP contribution in [0.3, 0.4) is 0 Å². The van der Waals surface area contributed by atoms with Gasteiger partial charge in [0.2, 0.25) is 0 Å². The Morgan fingerprint density at radius 3 is 2.29 bits per heavy atom. The quantitative estimate of drug-likeness (QED) is 0.700. The number of methoxy groups -OCH3 is 1. The first-order valence-electron chi connectivity index (χ1n) is 6.08. The van der Waals surface area contributed by atoms with Crippen molar-refractivity contribution in [3.8, 4) is 11.5 Å². The van der Waals surface area contributed by atoms with E-state index in [1.807, 2.05) is 24.3 Å². The summed E-state index contributed by atoms with van der Waals surface area (Å²) < 4.78 is 10.8. The van der Waals surface area contributed by atoms with Crippen molar-refractivity contribution in [2.75, 3.05) is 13.7 Å². The van der Waals surface area contributed by atoms with Crippen LogP contribution in [0.25, 0.3) is 0 Å². The Balaban J connectivity index is 2.30. The maximum absolute atomic E-state index is 5.69. The van der Waals surface area contributed by atoms with Gasteiger partial charge in [-0.15, -0.1) is 0 Å². The molecule has 1 aromatic carbocycles. The molecule has 2 atom stereocenters. The minimum Gasteiger partial charge on any atom is -0.497 e. The van der Waals surface area contributed by atoms with E-state index >= 15 is 0 Å². The Kier molecular flexibility index (Phi) is 6.41. The van der Waals surface area contributed by atoms with E-state index in [0.717, 1.165) is 30.9 Å². The Morgan fingerprint density at radius 2 is 1.76 bits per heavy atom. The van der Waals surface area contributed by atoms with Gasteiger partial charge in [-0.1, -0.05) is 29.8 Å². The Bertz CT molecular complexity index is 311. The third-order valence-corrected chi connectivity index (χ3v) is 4.46. The number of alkyl halides is 1. The Hall–Kier alpha value is -0.700. The summed E-state index contributed by atoms with van der Waals surface area (Å²) in [5.74, 6) is 2.40. The van der Waals surface area contributed by atoms with Crippen molar-refractivity contribution in [3.63, 3.8) is 0 Å². The minimum atomic E-state index is 0.585. The molecule has 2 nitrogen and oxygen atoms in total. The predicted octanol–water partition coefficient (Wildman–Crippen LogP) is 4.27. The molecule has 3 heteroatoms. The van der Waals surface area contributed by atoms with Crippen LogP contribution < -0.4 is 9.47 Å². The topological polar surface area (TPSA) is 18.5 Å². The van der Waals surface area contributed by atoms with Crippen LogP contribution in [-0.4, -0.2) is 18.5 Å². The number of benzene rings is 1. The van der Waals surface area contributed by atoms with Crippen molar-refractivity contribution in [3.05, 3.63) is 24.3 Å². The van der Waals surface area contributed by atoms with Gasteiger partial charge in [-0.05, 0) is 43.0 Å². The summed E-state index contributed by atoms with van der Waals surface area (Å²) >= 11 is 3.68. The van der Waals surface area contributed by atoms with Crippen LogP contribution in [0.5, 0.6) is 11.5 Å². The fraction of sp³-hybridized carbons (Fsp3) is 0.571. The van der Waals surface area contributed by atoms with Gasteiger partial charge in [-0.3, -0.25) is 0 Å². The maximum Gasteiger partial charge on any atom is 0.119 e. The molecule has 1 aromatic rings. The van der Waals surface area contributed by atoms with E-state index in [2.05, 4.69) is 29.8 Å². The molecular formula is C14H21BrO2. The Labute approximate surface area is 112 Å². The fourth-order valence-electron chi connectivity index (χ4n) is 1.62. The normalized spacial score (nSPS) is 14.1. The molecule has 1 rings (SSSR count). The highest BCUT2D eigenvalue weighted by Crippen LogP contribution is 2.21. The van der Waals surface area contributed by atoms with Crippen LogP contribution in [0.15, 0.2) is 24.3 Å². The van der Waals surface area contributed by atoms with Crippen LogP contribution in [0.1, 0.15) is 26.7 Å². The molecule has 2 unspecified atom stereocenters. The lowest BCUT2D eigenvalue weighted by Crippen LogP contribution is -2.13. The first kappa shape index (κ1) is 14.4. The van der Waals surface area contributed by atoms with Gasteiger partial charge in [0, 0.05) is 4.83 Å². The second kappa shape index (κ2) is 7.59. The molecule has 0 heterocycles. The minimum absolute atomic E-state index is 0.585. The zero-order valence-electron chi connectivity index (χ0n) is 10.8. The molecular weight excluding hydrogens is 280 g/mol. The molecule has 0 saturated carbocycles. The SMILES string of the molecule is CCC(Br)C(C)CCOc1ccc(OC)cc1. The van der Waals surface area contributed by atoms with Gasteiger partial charge >= 0.3 is 0 Å². The monoisotopic (exact) mass is 300 g/mol. The van der Waals surface area contributed by atoms with E-state index in [1.54, 1.807) is 7.11 Å². The van der Waals surface area contributed by atoms with E-state index in [4.69, 9.17) is 9.47 Å². The van der Waals surface area contributed by atoms with Crippen LogP contribution >= 0.6 is 15.9 Å². The van der Waals surface area contributed by atoms with E-state index in [1.165, 1.54) is 0 Å². The van der Waals surface area contributed by atoms with Gasteiger partial charge in [0.25, 0.3) is 0 Å². The Morgan fingerprint density at radius 1 is 1.18 bits per heavy atom. The van der Waals surface area contributed by atoms with Gasteiger partial charge in [0.05, 0.1) is 13.7 Å². The van der Waals surface area contributed by atoms with Crippen molar-refractivity contribution in [2.45, 2.75) is 31.5 Å². The summed E-state index contributed by atoms with van der Waals surface area (Å²) in [6.07, 6.45) is 2.22. The van der Waals surface area contributed by atoms with Gasteiger partial charge in [0.1, 0.15) is 11.5 Å². The van der Waals surface area contributed by atoms with Crippen molar-refractivity contribution >= 4 is 15.9 Å². The third-order valence-electron chi connectivity index (χ3n) is 2.91. The second-order valence-electron chi connectivity index (χ2n) is 4.21. The summed E-state index contributed by atoms with van der Waals surface area (Å²) in [4.78, 5) is 0.585. The molecule has 0 aromatic heterocycles. The molecule has 96 valence electrons. The first-order valence-corrected chi connectivity index (χ1v) is 6.99. The number of rotatable bonds is 7. The highest BCUT2D eigenvalue weighted by Gasteiger charge is 2.11. The van der Waals surface area contributed by atoms with Crippen molar-refractivity contribution in [1.29, 1.82) is 0 Å². The summed E-state index contributed by atoms with van der Waals surface area (Å²) in [5.41, 5.74) is 0. The van der Waals surface area contributed by atoms with Gasteiger partial charge in [-0.2, -0.15) is 0 Å². The molecule has 0 spiro atoms. The average Bonchev–Trinajstić information content (AvgIpc) is 2.38. The standard InChI is InChI=1S/C14H21BrO2/c1-4-14(15)11(2)9-10-17-13-7-5-12(16-3)6-8-13/h5-8,11,14H,4,9-10H2,1-3H3. The fourth-order valence-corrected chi connectivity index (χ4v) is 1.88. The lowest BCUT2D eigenvalue weighted by molar-refractivity contribution is 0.281. The molecule has 0 aliphatic heterocycles. The third kappa shape index (κ3) is 4.99. The van der Waals surface area contributed by atoms with Gasteiger partial charge < -0.3 is 9.47 Å². The van der Waals surface area contributed by atoms with Crippen molar-refractivity contribution in [1.82, 2.24) is 0 Å². The summed E-state index contributed by atoms with van der Waals surface area (Å²) in [5, 5.41) is 0. The predicted molar refractivity (Wildman–Crippen MR) is 75.3 cm³/mol. The smallest absolute Gasteiger partial charge is 0.119 e. The molecule has 17 heavy (non-hydrogen) atoms. The average molecular weight is 301 g/mol. The highest BCUT2D eigenvalue weighted by atomic mass is 79.9. The lowest BCUT2D eigenvalue weighted by atomic mass is 10.0. The maximum atomic E-state index is 5.69. The second-order valence-corrected chi connectivity index (χ2v) is 5.39. The summed E-state index contributed by atoms with van der Waals surface area (Å²) in [6.45, 7) is 5.20. The number of halogens is 1. The van der Waals surface area contributed by atoms with Crippen molar-refractivity contribution in [2.24, 2.45) is 5.92 Å². The van der Waals surface area contributed by atoms with Gasteiger partial charge in [-0.25, -0.2) is 0 Å². The molecule has 0 fully saturated rings. The number of ether oxygens (including phenoxy) is 2. The highest BCUT2D eigenvalue weighted by molar-refractivity contribution is 9.09. The van der Waals surface area contributed by atoms with Gasteiger partial charge in [0.15, 0.2) is 0 Å². The van der Waals surface area contributed by atoms with Crippen molar-refractivity contribution < 1.29 is 9.47 Å². The van der Waals surface area contributed by atoms with E-state index in [-0.39, 0.29) is 0 Å². The van der Waals surface area contributed by atoms with Crippen LogP contribution in [0, 0.1) is 5.92 Å². The number of hydrogen-bond acceptors (Lipinski definition) is 2. The molecule has 0 radical (unpaired) electrons. The first-order chi connectivity index (χ1) is 8.17. The van der Waals surface area contributed by atoms with E-state index < -0.39 is 0 Å². The molecule has 0 saturated heterocycles. The summed E-state index contributed by atoms with van der Waals surface area (Å²) in [6, 6.07) is 7.71. The molecule has 0 aliphatic rings. The molecule has 0 N–H and O–H groups in total. The lowest BCUT2D eigenvalue weighted by Gasteiger charge is -2.16. The zero-order valence-corrected chi connectivity index (χ0v) is 12.4. The molecule has 0 aliphatic carbocycles. The zero-order chi connectivity index (χ0) is 12.7. The summed E-state index contributed by atoms with van der Waals surface area (Å²) in [7, 11) is 1.67. The van der Waals surface area contributed by atoms with Crippen LogP contribution in [0.4, 0.5) is 0 Å². The molecule has 0 bridgehead atoms. The van der Waals surface area contributed by atoms with Crippen LogP contribution in [-0.2, 0) is 0 Å². The number of hydrogen-bond donors (Lipinski definition) is 0. The molecule has 0 amide bonds. The van der Waals surface area contributed by atoms with Crippen LogP contribution in [0.2, 0.25) is 0 Å².